The first kappa shape index (κ1) is 46.8. The highest BCUT2D eigenvalue weighted by atomic mass is 16.7. The molecule has 0 aliphatic carbocycles. The van der Waals surface area contributed by atoms with Crippen molar-refractivity contribution in [1.29, 1.82) is 0 Å². The molecule has 0 aromatic rings. The lowest BCUT2D eigenvalue weighted by atomic mass is 9.97. The molecule has 0 bridgehead atoms. The number of aliphatic hydroxyl groups is 8. The van der Waals surface area contributed by atoms with Crippen molar-refractivity contribution in [1.82, 2.24) is 5.32 Å². The zero-order chi connectivity index (χ0) is 39.0. The quantitative estimate of drug-likeness (QED) is 0.0477. The fourth-order valence-corrected chi connectivity index (χ4v) is 5.77. The Hall–Kier alpha value is -2.31. The second kappa shape index (κ2) is 27.3. The Morgan fingerprint density at radius 1 is 0.698 bits per heavy atom. The van der Waals surface area contributed by atoms with Crippen molar-refractivity contribution in [2.45, 2.75) is 158 Å². The predicted octanol–water partition coefficient (Wildman–Crippen LogP) is 1.58. The highest BCUT2D eigenvalue weighted by Gasteiger charge is 2.50. The maximum atomic E-state index is 12.9. The molecule has 12 atom stereocenters. The van der Waals surface area contributed by atoms with Crippen molar-refractivity contribution in [3.63, 3.8) is 0 Å². The van der Waals surface area contributed by atoms with Crippen LogP contribution >= 0.6 is 0 Å². The first-order valence-corrected chi connectivity index (χ1v) is 19.0. The first-order chi connectivity index (χ1) is 25.6. The van der Waals surface area contributed by atoms with Gasteiger partial charge in [-0.3, -0.25) is 4.79 Å². The molecule has 0 spiro atoms. The van der Waals surface area contributed by atoms with Crippen LogP contribution < -0.4 is 5.32 Å². The second-order valence-electron chi connectivity index (χ2n) is 13.3. The number of hydrogen-bond donors (Lipinski definition) is 9. The van der Waals surface area contributed by atoms with Crippen LogP contribution in [0, 0.1) is 0 Å². The lowest BCUT2D eigenvalue weighted by molar-refractivity contribution is -0.359. The molecule has 2 fully saturated rings. The summed E-state index contributed by atoms with van der Waals surface area (Å²) in [6, 6.07) is -0.949. The van der Waals surface area contributed by atoms with Gasteiger partial charge in [-0.05, 0) is 44.9 Å². The third-order valence-electron chi connectivity index (χ3n) is 8.97. The van der Waals surface area contributed by atoms with Crippen molar-refractivity contribution in [3.05, 3.63) is 60.8 Å². The summed E-state index contributed by atoms with van der Waals surface area (Å²) < 4.78 is 22.4. The molecule has 0 saturated carbocycles. The van der Waals surface area contributed by atoms with Gasteiger partial charge in [0.2, 0.25) is 5.91 Å². The molecule has 0 aromatic carbocycles. The molecule has 12 unspecified atom stereocenters. The predicted molar refractivity (Wildman–Crippen MR) is 198 cm³/mol. The van der Waals surface area contributed by atoms with Crippen LogP contribution in [0.1, 0.15) is 84.5 Å². The number of carbonyl (C=O) groups excluding carboxylic acids is 1. The molecule has 304 valence electrons. The van der Waals surface area contributed by atoms with Crippen LogP contribution in [0.15, 0.2) is 60.8 Å². The summed E-state index contributed by atoms with van der Waals surface area (Å²) in [5, 5.41) is 85.7. The largest absolute Gasteiger partial charge is 0.394 e. The third-order valence-corrected chi connectivity index (χ3v) is 8.97. The average Bonchev–Trinajstić information content (AvgIpc) is 3.15. The van der Waals surface area contributed by atoms with E-state index in [0.717, 1.165) is 57.8 Å². The summed E-state index contributed by atoms with van der Waals surface area (Å²) in [6.45, 7) is 2.46. The molecule has 53 heavy (non-hydrogen) atoms. The van der Waals surface area contributed by atoms with Gasteiger partial charge in [0.05, 0.1) is 32.0 Å². The van der Waals surface area contributed by atoms with E-state index in [1.807, 2.05) is 18.2 Å². The second-order valence-corrected chi connectivity index (χ2v) is 13.3. The Labute approximate surface area is 314 Å². The molecule has 2 heterocycles. The van der Waals surface area contributed by atoms with Crippen molar-refractivity contribution in [2.75, 3.05) is 19.8 Å². The van der Waals surface area contributed by atoms with Crippen molar-refractivity contribution in [2.24, 2.45) is 0 Å². The summed E-state index contributed by atoms with van der Waals surface area (Å²) in [4.78, 5) is 12.9. The molecule has 2 aliphatic heterocycles. The van der Waals surface area contributed by atoms with E-state index in [9.17, 15) is 45.6 Å². The summed E-state index contributed by atoms with van der Waals surface area (Å²) in [5.74, 6) is -0.331. The topological polar surface area (TPSA) is 228 Å². The van der Waals surface area contributed by atoms with Crippen LogP contribution in [-0.4, -0.2) is 140 Å². The van der Waals surface area contributed by atoms with E-state index in [2.05, 4.69) is 55.6 Å². The number of hydrogen-bond acceptors (Lipinski definition) is 13. The number of rotatable bonds is 25. The molecule has 9 N–H and O–H groups in total. The Bertz CT molecular complexity index is 1130. The highest BCUT2D eigenvalue weighted by molar-refractivity contribution is 5.76. The SMILES string of the molecule is CC/C=C\C/C=C\C/C=C\C/C=C\CCC(=O)NC(COC1OC(CO)C(OC2OC(CO)C(O)C(O)C2O)C(O)C1O)C(O)/C=C/CCCCCC. The van der Waals surface area contributed by atoms with Crippen LogP contribution in [0.3, 0.4) is 0 Å². The molecular weight excluding hydrogens is 690 g/mol. The molecular formula is C39H65NO13. The van der Waals surface area contributed by atoms with Gasteiger partial charge in [0.1, 0.15) is 48.8 Å². The number of allylic oxidation sites excluding steroid dienone is 9. The first-order valence-electron chi connectivity index (χ1n) is 19.0. The van der Waals surface area contributed by atoms with Crippen molar-refractivity contribution >= 4 is 5.91 Å². The van der Waals surface area contributed by atoms with E-state index in [1.54, 1.807) is 6.08 Å². The molecule has 0 aromatic heterocycles. The van der Waals surface area contributed by atoms with Crippen LogP contribution in [0.2, 0.25) is 0 Å². The summed E-state index contributed by atoms with van der Waals surface area (Å²) in [6.07, 6.45) is 12.0. The van der Waals surface area contributed by atoms with Crippen LogP contribution in [0.4, 0.5) is 0 Å². The number of aliphatic hydroxyl groups excluding tert-OH is 8. The van der Waals surface area contributed by atoms with Crippen LogP contribution in [0.5, 0.6) is 0 Å². The lowest BCUT2D eigenvalue weighted by Gasteiger charge is -2.46. The zero-order valence-corrected chi connectivity index (χ0v) is 31.2. The Kier molecular flexibility index (Phi) is 24.1. The third kappa shape index (κ3) is 16.9. The number of amides is 1. The van der Waals surface area contributed by atoms with Gasteiger partial charge >= 0.3 is 0 Å². The fourth-order valence-electron chi connectivity index (χ4n) is 5.77. The molecule has 1 amide bonds. The van der Waals surface area contributed by atoms with Gasteiger partial charge in [-0.2, -0.15) is 0 Å². The van der Waals surface area contributed by atoms with Gasteiger partial charge in [0, 0.05) is 6.42 Å². The minimum Gasteiger partial charge on any atom is -0.394 e. The van der Waals surface area contributed by atoms with Crippen molar-refractivity contribution < 1.29 is 64.6 Å². The number of carbonyl (C=O) groups is 1. The summed E-state index contributed by atoms with van der Waals surface area (Å²) >= 11 is 0. The number of ether oxygens (including phenoxy) is 4. The Morgan fingerprint density at radius 2 is 1.30 bits per heavy atom. The van der Waals surface area contributed by atoms with Gasteiger partial charge < -0.3 is 65.1 Å². The number of unbranched alkanes of at least 4 members (excludes halogenated alkanes) is 4. The highest BCUT2D eigenvalue weighted by Crippen LogP contribution is 2.29. The monoisotopic (exact) mass is 755 g/mol. The van der Waals surface area contributed by atoms with Gasteiger partial charge in [0.25, 0.3) is 0 Å². The van der Waals surface area contributed by atoms with Gasteiger partial charge in [-0.1, -0.05) is 93.9 Å². The van der Waals surface area contributed by atoms with Crippen LogP contribution in [0.25, 0.3) is 0 Å². The maximum Gasteiger partial charge on any atom is 0.220 e. The van der Waals surface area contributed by atoms with Gasteiger partial charge in [0.15, 0.2) is 12.6 Å². The van der Waals surface area contributed by atoms with E-state index >= 15 is 0 Å². The van der Waals surface area contributed by atoms with Gasteiger partial charge in [-0.15, -0.1) is 0 Å². The van der Waals surface area contributed by atoms with Crippen LogP contribution in [-0.2, 0) is 23.7 Å². The molecule has 2 aliphatic rings. The Morgan fingerprint density at radius 3 is 1.92 bits per heavy atom. The normalized spacial score (nSPS) is 31.1. The summed E-state index contributed by atoms with van der Waals surface area (Å²) in [7, 11) is 0. The van der Waals surface area contributed by atoms with E-state index < -0.39 is 86.8 Å². The molecule has 14 nitrogen and oxygen atoms in total. The Balaban J connectivity index is 1.98. The van der Waals surface area contributed by atoms with E-state index in [-0.39, 0.29) is 18.9 Å². The van der Waals surface area contributed by atoms with Crippen molar-refractivity contribution in [3.8, 4) is 0 Å². The molecule has 2 saturated heterocycles. The van der Waals surface area contributed by atoms with E-state index in [4.69, 9.17) is 18.9 Å². The molecule has 14 heteroatoms. The molecule has 0 radical (unpaired) electrons. The zero-order valence-electron chi connectivity index (χ0n) is 31.2. The molecule has 2 rings (SSSR count). The maximum absolute atomic E-state index is 12.9. The minimum absolute atomic E-state index is 0.156. The minimum atomic E-state index is -1.79. The fraction of sp³-hybridized carbons (Fsp3) is 0.718. The lowest BCUT2D eigenvalue weighted by Crippen LogP contribution is -2.65. The summed E-state index contributed by atoms with van der Waals surface area (Å²) in [5.41, 5.74) is 0. The van der Waals surface area contributed by atoms with Gasteiger partial charge in [-0.25, -0.2) is 0 Å². The smallest absolute Gasteiger partial charge is 0.220 e. The average molecular weight is 756 g/mol. The number of nitrogens with one attached hydrogen (secondary N) is 1. The van der Waals surface area contributed by atoms with E-state index in [1.165, 1.54) is 0 Å². The van der Waals surface area contributed by atoms with E-state index in [0.29, 0.717) is 6.42 Å². The standard InChI is InChI=1S/C39H65NO13/c1-3-5-7-9-11-12-13-14-15-16-17-19-21-23-31(44)40-27(28(43)22-20-18-10-8-6-4-2)26-50-38-36(49)34(47)37(30(25-42)52-38)53-39-35(48)33(46)32(45)29(24-41)51-39/h5,7,11-12,14-15,17,19-20,22,27-30,32-39,41-43,45-49H,3-4,6,8-10,13,16,18,21,23-26H2,1-2H3,(H,40,44)/b7-5-,12-11-,15-14-,19-17-,22-20+.